The Kier molecular flexibility index (Phi) is 7.12. The molecule has 0 radical (unpaired) electrons. The lowest BCUT2D eigenvalue weighted by Gasteiger charge is -2.25. The Morgan fingerprint density at radius 1 is 1.36 bits per heavy atom. The quantitative estimate of drug-likeness (QED) is 0.750. The van der Waals surface area contributed by atoms with E-state index < -0.39 is 0 Å². The smallest absolute Gasteiger partial charge is 0.239 e. The predicted molar refractivity (Wildman–Crippen MR) is 82.2 cm³/mol. The Hall–Kier alpha value is -1.14. The molecule has 2 aliphatic rings. The summed E-state index contributed by atoms with van der Waals surface area (Å²) >= 11 is 0. The zero-order valence-corrected chi connectivity index (χ0v) is 13.3. The van der Waals surface area contributed by atoms with Gasteiger partial charge < -0.3 is 20.1 Å². The highest BCUT2D eigenvalue weighted by Gasteiger charge is 2.26. The molecule has 2 heterocycles. The van der Waals surface area contributed by atoms with Gasteiger partial charge in [-0.2, -0.15) is 0 Å². The normalized spacial score (nSPS) is 24.7. The van der Waals surface area contributed by atoms with E-state index >= 15 is 0 Å². The molecule has 2 saturated heterocycles. The molecular weight excluding hydrogens is 284 g/mol. The van der Waals surface area contributed by atoms with Gasteiger partial charge in [0.1, 0.15) is 0 Å². The first-order valence-electron chi connectivity index (χ1n) is 8.43. The summed E-state index contributed by atoms with van der Waals surface area (Å²) in [5, 5.41) is 12.3. The van der Waals surface area contributed by atoms with Crippen LogP contribution in [0.3, 0.4) is 0 Å². The summed E-state index contributed by atoms with van der Waals surface area (Å²) in [6.07, 6.45) is 5.60. The molecule has 2 aliphatic heterocycles. The lowest BCUT2D eigenvalue weighted by Crippen LogP contribution is -2.43. The number of nitrogens with one attached hydrogen (secondary N) is 1. The Labute approximate surface area is 132 Å². The maximum atomic E-state index is 12.1. The molecule has 0 spiro atoms. The minimum absolute atomic E-state index is 0.0366. The van der Waals surface area contributed by atoms with Gasteiger partial charge in [0, 0.05) is 45.2 Å². The third-order valence-corrected chi connectivity index (χ3v) is 4.68. The van der Waals surface area contributed by atoms with Gasteiger partial charge in [0.05, 0.1) is 6.54 Å². The summed E-state index contributed by atoms with van der Waals surface area (Å²) in [5.41, 5.74) is 0. The number of aliphatic hydroxyl groups is 1. The summed E-state index contributed by atoms with van der Waals surface area (Å²) in [6, 6.07) is 0. The van der Waals surface area contributed by atoms with E-state index in [0.717, 1.165) is 38.7 Å². The van der Waals surface area contributed by atoms with E-state index in [9.17, 15) is 14.7 Å². The molecule has 126 valence electrons. The monoisotopic (exact) mass is 312 g/mol. The van der Waals surface area contributed by atoms with E-state index in [-0.39, 0.29) is 30.9 Å². The van der Waals surface area contributed by atoms with Crippen molar-refractivity contribution in [2.75, 3.05) is 39.5 Å². The van der Waals surface area contributed by atoms with Crippen molar-refractivity contribution in [1.29, 1.82) is 0 Å². The number of hydrogen-bond donors (Lipinski definition) is 2. The SMILES string of the molecule is O=C(CN1CCCCCCC1=O)NC[C@@H](CO)[C@H]1CCOC1. The molecule has 2 amide bonds. The first kappa shape index (κ1) is 17.2. The average Bonchev–Trinajstić information content (AvgIpc) is 3.02. The van der Waals surface area contributed by atoms with E-state index in [2.05, 4.69) is 5.32 Å². The minimum Gasteiger partial charge on any atom is -0.396 e. The Bertz CT molecular complexity index is 369. The third-order valence-electron chi connectivity index (χ3n) is 4.68. The molecule has 6 heteroatoms. The summed E-state index contributed by atoms with van der Waals surface area (Å²) in [7, 11) is 0. The molecule has 6 nitrogen and oxygen atoms in total. The molecule has 2 rings (SSSR count). The number of hydrogen-bond acceptors (Lipinski definition) is 4. The Balaban J connectivity index is 1.74. The molecule has 22 heavy (non-hydrogen) atoms. The van der Waals surface area contributed by atoms with Crippen LogP contribution in [0.2, 0.25) is 0 Å². The summed E-state index contributed by atoms with van der Waals surface area (Å²) in [4.78, 5) is 25.7. The van der Waals surface area contributed by atoms with Crippen LogP contribution in [0, 0.1) is 11.8 Å². The number of rotatable bonds is 6. The highest BCUT2D eigenvalue weighted by Crippen LogP contribution is 2.21. The van der Waals surface area contributed by atoms with Crippen molar-refractivity contribution in [1.82, 2.24) is 10.2 Å². The van der Waals surface area contributed by atoms with Crippen molar-refractivity contribution in [3.63, 3.8) is 0 Å². The van der Waals surface area contributed by atoms with Gasteiger partial charge >= 0.3 is 0 Å². The summed E-state index contributed by atoms with van der Waals surface area (Å²) in [5.74, 6) is 0.298. The van der Waals surface area contributed by atoms with Crippen LogP contribution in [0.4, 0.5) is 0 Å². The van der Waals surface area contributed by atoms with Crippen LogP contribution < -0.4 is 5.32 Å². The highest BCUT2D eigenvalue weighted by atomic mass is 16.5. The second-order valence-corrected chi connectivity index (χ2v) is 6.35. The Morgan fingerprint density at radius 2 is 2.18 bits per heavy atom. The topological polar surface area (TPSA) is 78.9 Å². The molecule has 0 aromatic heterocycles. The molecule has 0 aliphatic carbocycles. The van der Waals surface area contributed by atoms with E-state index in [0.29, 0.717) is 32.0 Å². The van der Waals surface area contributed by atoms with E-state index in [1.807, 2.05) is 0 Å². The van der Waals surface area contributed by atoms with E-state index in [1.54, 1.807) is 4.90 Å². The van der Waals surface area contributed by atoms with Crippen LogP contribution in [0.15, 0.2) is 0 Å². The van der Waals surface area contributed by atoms with Gasteiger partial charge in [0.15, 0.2) is 0 Å². The van der Waals surface area contributed by atoms with Crippen LogP contribution in [-0.4, -0.2) is 61.3 Å². The minimum atomic E-state index is -0.133. The van der Waals surface area contributed by atoms with Gasteiger partial charge in [0.25, 0.3) is 0 Å². The number of nitrogens with zero attached hydrogens (tertiary/aromatic N) is 1. The van der Waals surface area contributed by atoms with Gasteiger partial charge in [-0.15, -0.1) is 0 Å². The molecule has 0 saturated carbocycles. The number of ether oxygens (including phenoxy) is 1. The molecule has 2 N–H and O–H groups in total. The maximum Gasteiger partial charge on any atom is 0.239 e. The van der Waals surface area contributed by atoms with Crippen molar-refractivity contribution >= 4 is 11.8 Å². The number of aliphatic hydroxyl groups excluding tert-OH is 1. The van der Waals surface area contributed by atoms with E-state index in [1.165, 1.54) is 0 Å². The zero-order chi connectivity index (χ0) is 15.8. The van der Waals surface area contributed by atoms with Gasteiger partial charge in [-0.3, -0.25) is 9.59 Å². The lowest BCUT2D eigenvalue weighted by atomic mass is 9.92. The maximum absolute atomic E-state index is 12.1. The van der Waals surface area contributed by atoms with Crippen molar-refractivity contribution in [2.24, 2.45) is 11.8 Å². The van der Waals surface area contributed by atoms with Gasteiger partial charge in [0.2, 0.25) is 11.8 Å². The average molecular weight is 312 g/mol. The largest absolute Gasteiger partial charge is 0.396 e. The predicted octanol–water partition coefficient (Wildman–Crippen LogP) is 0.540. The fraction of sp³-hybridized carbons (Fsp3) is 0.875. The number of carbonyl (C=O) groups is 2. The van der Waals surface area contributed by atoms with E-state index in [4.69, 9.17) is 4.74 Å². The molecule has 0 bridgehead atoms. The number of likely N-dealkylation sites (tertiary alicyclic amines) is 1. The first-order chi connectivity index (χ1) is 10.7. The zero-order valence-electron chi connectivity index (χ0n) is 13.3. The van der Waals surface area contributed by atoms with Crippen LogP contribution >= 0.6 is 0 Å². The van der Waals surface area contributed by atoms with Gasteiger partial charge in [-0.1, -0.05) is 12.8 Å². The molecule has 0 unspecified atom stereocenters. The second-order valence-electron chi connectivity index (χ2n) is 6.35. The fourth-order valence-electron chi connectivity index (χ4n) is 3.16. The lowest BCUT2D eigenvalue weighted by molar-refractivity contribution is -0.136. The fourth-order valence-corrected chi connectivity index (χ4v) is 3.16. The van der Waals surface area contributed by atoms with Crippen LogP contribution in [0.1, 0.15) is 38.5 Å². The summed E-state index contributed by atoms with van der Waals surface area (Å²) in [6.45, 7) is 2.70. The van der Waals surface area contributed by atoms with Gasteiger partial charge in [-0.25, -0.2) is 0 Å². The van der Waals surface area contributed by atoms with Crippen molar-refractivity contribution in [3.05, 3.63) is 0 Å². The Morgan fingerprint density at radius 3 is 2.91 bits per heavy atom. The van der Waals surface area contributed by atoms with Crippen LogP contribution in [0.25, 0.3) is 0 Å². The molecule has 2 fully saturated rings. The molecule has 2 atom stereocenters. The molecular formula is C16H28N2O4. The molecule has 0 aromatic carbocycles. The van der Waals surface area contributed by atoms with Gasteiger partial charge in [-0.05, 0) is 25.2 Å². The third kappa shape index (κ3) is 5.25. The first-order valence-corrected chi connectivity index (χ1v) is 8.43. The number of amides is 2. The van der Waals surface area contributed by atoms with Crippen molar-refractivity contribution < 1.29 is 19.4 Å². The van der Waals surface area contributed by atoms with Crippen molar-refractivity contribution in [3.8, 4) is 0 Å². The summed E-state index contributed by atoms with van der Waals surface area (Å²) < 4.78 is 5.33. The van der Waals surface area contributed by atoms with Crippen molar-refractivity contribution in [2.45, 2.75) is 38.5 Å². The molecule has 0 aromatic rings. The second kappa shape index (κ2) is 9.10. The standard InChI is InChI=1S/C16H28N2O4/c19-11-14(13-6-8-22-12-13)9-17-15(20)10-18-7-4-2-1-3-5-16(18)21/h13-14,19H,1-12H2,(H,17,20)/t13-,14-/m0/s1. The van der Waals surface area contributed by atoms with Crippen LogP contribution in [-0.2, 0) is 14.3 Å². The highest BCUT2D eigenvalue weighted by molar-refractivity contribution is 5.84. The number of carbonyl (C=O) groups excluding carboxylic acids is 2. The van der Waals surface area contributed by atoms with Crippen LogP contribution in [0.5, 0.6) is 0 Å².